The maximum absolute atomic E-state index is 5.82. The third-order valence-electron chi connectivity index (χ3n) is 2.51. The number of aliphatic imine (C=N–C) groups is 1. The second-order valence-corrected chi connectivity index (χ2v) is 4.06. The Hall–Kier alpha value is -1.94. The van der Waals surface area contributed by atoms with E-state index in [0.29, 0.717) is 11.7 Å². The summed E-state index contributed by atoms with van der Waals surface area (Å²) in [5.74, 6) is 0.780. The summed E-state index contributed by atoms with van der Waals surface area (Å²) in [6.07, 6.45) is 3.42. The normalized spacial score (nSPS) is 13.1. The molecule has 4 nitrogen and oxygen atoms in total. The lowest BCUT2D eigenvalue weighted by molar-refractivity contribution is 1.09. The highest BCUT2D eigenvalue weighted by atomic mass is 35.5. The Morgan fingerprint density at radius 3 is 3.00 bits per heavy atom. The number of pyridine rings is 2. The highest BCUT2D eigenvalue weighted by Gasteiger charge is 2.16. The first-order valence-electron chi connectivity index (χ1n) is 5.20. The van der Waals surface area contributed by atoms with Gasteiger partial charge < -0.3 is 5.32 Å². The number of nitrogens with zero attached hydrogens (tertiary/aromatic N) is 3. The fourth-order valence-corrected chi connectivity index (χ4v) is 1.91. The van der Waals surface area contributed by atoms with E-state index in [1.54, 1.807) is 18.5 Å². The molecule has 1 aliphatic heterocycles. The van der Waals surface area contributed by atoms with Gasteiger partial charge >= 0.3 is 0 Å². The average molecular weight is 245 g/mol. The lowest BCUT2D eigenvalue weighted by Gasteiger charge is -2.06. The maximum Gasteiger partial charge on any atom is 0.152 e. The van der Waals surface area contributed by atoms with Gasteiger partial charge in [0.2, 0.25) is 0 Å². The molecule has 0 aromatic carbocycles. The third kappa shape index (κ3) is 1.99. The minimum absolute atomic E-state index is 0.454. The summed E-state index contributed by atoms with van der Waals surface area (Å²) in [6, 6.07) is 7.54. The average Bonchev–Trinajstić information content (AvgIpc) is 2.73. The molecule has 0 saturated carbocycles. The number of halogens is 1. The second-order valence-electron chi connectivity index (χ2n) is 3.67. The van der Waals surface area contributed by atoms with Gasteiger partial charge in [-0.05, 0) is 18.2 Å². The Balaban J connectivity index is 1.89. The zero-order valence-corrected chi connectivity index (χ0v) is 9.65. The molecular formula is C12H9ClN4. The molecule has 0 aliphatic carbocycles. The highest BCUT2D eigenvalue weighted by molar-refractivity contribution is 6.29. The van der Waals surface area contributed by atoms with Crippen molar-refractivity contribution in [3.8, 4) is 0 Å². The molecule has 0 saturated heterocycles. The first kappa shape index (κ1) is 10.2. The molecule has 0 fully saturated rings. The van der Waals surface area contributed by atoms with E-state index in [4.69, 9.17) is 11.6 Å². The number of amidine groups is 1. The van der Waals surface area contributed by atoms with Crippen molar-refractivity contribution >= 4 is 23.1 Å². The van der Waals surface area contributed by atoms with Crippen LogP contribution in [0.1, 0.15) is 11.3 Å². The summed E-state index contributed by atoms with van der Waals surface area (Å²) in [5.41, 5.74) is 2.90. The van der Waals surface area contributed by atoms with Gasteiger partial charge in [0.1, 0.15) is 10.8 Å². The molecule has 0 atom stereocenters. The molecule has 2 aromatic rings. The van der Waals surface area contributed by atoms with Crippen LogP contribution in [0.3, 0.4) is 0 Å². The van der Waals surface area contributed by atoms with Crippen molar-refractivity contribution in [2.75, 3.05) is 5.32 Å². The Morgan fingerprint density at radius 1 is 1.18 bits per heavy atom. The van der Waals surface area contributed by atoms with Crippen LogP contribution in [0.4, 0.5) is 5.69 Å². The summed E-state index contributed by atoms with van der Waals surface area (Å²) in [6.45, 7) is 0.671. The summed E-state index contributed by atoms with van der Waals surface area (Å²) < 4.78 is 0. The molecule has 1 N–H and O–H groups in total. The topological polar surface area (TPSA) is 50.2 Å². The first-order valence-corrected chi connectivity index (χ1v) is 5.58. The number of anilines is 1. The van der Waals surface area contributed by atoms with E-state index in [0.717, 1.165) is 22.8 Å². The molecule has 0 amide bonds. The lowest BCUT2D eigenvalue weighted by Crippen LogP contribution is -2.13. The van der Waals surface area contributed by atoms with Crippen LogP contribution in [0.25, 0.3) is 0 Å². The number of hydrogen-bond acceptors (Lipinski definition) is 4. The Kier molecular flexibility index (Phi) is 2.49. The fourth-order valence-electron chi connectivity index (χ4n) is 1.73. The Morgan fingerprint density at radius 2 is 2.12 bits per heavy atom. The van der Waals surface area contributed by atoms with Crippen molar-refractivity contribution in [3.63, 3.8) is 0 Å². The van der Waals surface area contributed by atoms with Crippen LogP contribution >= 0.6 is 11.6 Å². The highest BCUT2D eigenvalue weighted by Crippen LogP contribution is 2.19. The van der Waals surface area contributed by atoms with E-state index in [9.17, 15) is 0 Å². The van der Waals surface area contributed by atoms with Crippen molar-refractivity contribution in [1.29, 1.82) is 0 Å². The standard InChI is InChI=1S/C12H9ClN4/c13-10-6-9(3-5-14-10)17-12-11-8(7-16-12)2-1-4-15-11/h1-6H,7H2,(H,14,16,17). The third-order valence-corrected chi connectivity index (χ3v) is 2.72. The second kappa shape index (κ2) is 4.14. The molecule has 3 rings (SSSR count). The summed E-state index contributed by atoms with van der Waals surface area (Å²) >= 11 is 5.82. The van der Waals surface area contributed by atoms with Crippen LogP contribution in [-0.4, -0.2) is 15.8 Å². The fraction of sp³-hybridized carbons (Fsp3) is 0.0833. The van der Waals surface area contributed by atoms with Gasteiger partial charge in [0.25, 0.3) is 0 Å². The van der Waals surface area contributed by atoms with Crippen LogP contribution in [0, 0.1) is 0 Å². The number of nitrogens with one attached hydrogen (secondary N) is 1. The van der Waals surface area contributed by atoms with Gasteiger partial charge in [-0.15, -0.1) is 0 Å². The molecule has 84 valence electrons. The van der Waals surface area contributed by atoms with Crippen LogP contribution in [0.15, 0.2) is 41.7 Å². The quantitative estimate of drug-likeness (QED) is 0.785. The molecule has 3 heterocycles. The molecule has 17 heavy (non-hydrogen) atoms. The predicted molar refractivity (Wildman–Crippen MR) is 67.3 cm³/mol. The van der Waals surface area contributed by atoms with Gasteiger partial charge in [0.05, 0.1) is 6.54 Å². The zero-order chi connectivity index (χ0) is 11.7. The SMILES string of the molecule is Clc1cc(NC2=NCc3cccnc32)ccn1. The van der Waals surface area contributed by atoms with Gasteiger partial charge in [-0.1, -0.05) is 17.7 Å². The van der Waals surface area contributed by atoms with Crippen molar-refractivity contribution in [1.82, 2.24) is 9.97 Å². The summed E-state index contributed by atoms with van der Waals surface area (Å²) in [5, 5.41) is 3.65. The maximum atomic E-state index is 5.82. The van der Waals surface area contributed by atoms with Crippen LogP contribution in [0.5, 0.6) is 0 Å². The zero-order valence-electron chi connectivity index (χ0n) is 8.89. The molecule has 5 heteroatoms. The smallest absolute Gasteiger partial charge is 0.152 e. The van der Waals surface area contributed by atoms with E-state index in [2.05, 4.69) is 20.3 Å². The summed E-state index contributed by atoms with van der Waals surface area (Å²) in [7, 11) is 0. The number of hydrogen-bond donors (Lipinski definition) is 1. The minimum atomic E-state index is 0.454. The molecular weight excluding hydrogens is 236 g/mol. The minimum Gasteiger partial charge on any atom is -0.339 e. The monoisotopic (exact) mass is 244 g/mol. The lowest BCUT2D eigenvalue weighted by atomic mass is 10.2. The molecule has 2 aromatic heterocycles. The van der Waals surface area contributed by atoms with Crippen molar-refractivity contribution < 1.29 is 0 Å². The number of rotatable bonds is 1. The van der Waals surface area contributed by atoms with Gasteiger partial charge in [0.15, 0.2) is 5.84 Å². The van der Waals surface area contributed by atoms with Gasteiger partial charge in [-0.2, -0.15) is 0 Å². The van der Waals surface area contributed by atoms with Crippen LogP contribution in [0.2, 0.25) is 5.15 Å². The van der Waals surface area contributed by atoms with Crippen LogP contribution in [-0.2, 0) is 6.54 Å². The number of aromatic nitrogens is 2. The Bertz CT molecular complexity index is 595. The van der Waals surface area contributed by atoms with Gasteiger partial charge in [0, 0.05) is 23.6 Å². The van der Waals surface area contributed by atoms with E-state index < -0.39 is 0 Å². The van der Waals surface area contributed by atoms with E-state index in [1.807, 2.05) is 18.2 Å². The van der Waals surface area contributed by atoms with Crippen LogP contribution < -0.4 is 5.32 Å². The molecule has 0 bridgehead atoms. The molecule has 1 aliphatic rings. The molecule has 0 spiro atoms. The van der Waals surface area contributed by atoms with Crippen molar-refractivity contribution in [2.24, 2.45) is 4.99 Å². The first-order chi connectivity index (χ1) is 8.33. The van der Waals surface area contributed by atoms with Gasteiger partial charge in [-0.25, -0.2) is 4.98 Å². The molecule has 0 radical (unpaired) electrons. The summed E-state index contributed by atoms with van der Waals surface area (Å²) in [4.78, 5) is 12.7. The Labute approximate surface area is 103 Å². The van der Waals surface area contributed by atoms with E-state index >= 15 is 0 Å². The van der Waals surface area contributed by atoms with Gasteiger partial charge in [-0.3, -0.25) is 9.98 Å². The molecule has 0 unspecified atom stereocenters. The van der Waals surface area contributed by atoms with Crippen molar-refractivity contribution in [2.45, 2.75) is 6.54 Å². The number of fused-ring (bicyclic) bond motifs is 1. The van der Waals surface area contributed by atoms with E-state index in [1.165, 1.54) is 0 Å². The predicted octanol–water partition coefficient (Wildman–Crippen LogP) is 2.50. The van der Waals surface area contributed by atoms with Crippen molar-refractivity contribution in [3.05, 3.63) is 53.1 Å². The van der Waals surface area contributed by atoms with E-state index in [-0.39, 0.29) is 0 Å². The largest absolute Gasteiger partial charge is 0.339 e.